The van der Waals surface area contributed by atoms with Crippen molar-refractivity contribution in [3.63, 3.8) is 0 Å². The lowest BCUT2D eigenvalue weighted by atomic mass is 9.92. The number of aromatic nitrogens is 4. The van der Waals surface area contributed by atoms with Crippen molar-refractivity contribution in [2.24, 2.45) is 0 Å². The topological polar surface area (TPSA) is 72.6 Å². The SMILES string of the molecule is COc1ccc(-c2cc(C)nc([C@@H]3CCCN(C(=O)c4cnn5cc(C)cnc45)C3)c2)cc1. The van der Waals surface area contributed by atoms with Crippen molar-refractivity contribution in [1.29, 1.82) is 0 Å². The lowest BCUT2D eigenvalue weighted by Gasteiger charge is -2.32. The van der Waals surface area contributed by atoms with Crippen molar-refractivity contribution in [3.8, 4) is 16.9 Å². The number of nitrogens with zero attached hydrogens (tertiary/aromatic N) is 5. The van der Waals surface area contributed by atoms with Gasteiger partial charge in [-0.2, -0.15) is 5.10 Å². The number of hydrogen-bond acceptors (Lipinski definition) is 5. The second kappa shape index (κ2) is 8.65. The van der Waals surface area contributed by atoms with E-state index in [-0.39, 0.29) is 11.8 Å². The van der Waals surface area contributed by atoms with Gasteiger partial charge in [0.25, 0.3) is 5.91 Å². The molecule has 33 heavy (non-hydrogen) atoms. The monoisotopic (exact) mass is 441 g/mol. The van der Waals surface area contributed by atoms with Crippen LogP contribution in [0.2, 0.25) is 0 Å². The highest BCUT2D eigenvalue weighted by atomic mass is 16.5. The Morgan fingerprint density at radius 1 is 1.09 bits per heavy atom. The zero-order valence-electron chi connectivity index (χ0n) is 19.2. The fourth-order valence-electron chi connectivity index (χ4n) is 4.55. The number of ether oxygens (including phenoxy) is 1. The Morgan fingerprint density at radius 3 is 2.70 bits per heavy atom. The van der Waals surface area contributed by atoms with Gasteiger partial charge in [0.2, 0.25) is 0 Å². The number of methoxy groups -OCH3 is 1. The van der Waals surface area contributed by atoms with Crippen LogP contribution in [0, 0.1) is 13.8 Å². The molecular formula is C26H27N5O2. The summed E-state index contributed by atoms with van der Waals surface area (Å²) in [6.07, 6.45) is 7.23. The molecule has 0 spiro atoms. The Labute approximate surface area is 193 Å². The maximum absolute atomic E-state index is 13.4. The maximum Gasteiger partial charge on any atom is 0.259 e. The highest BCUT2D eigenvalue weighted by Crippen LogP contribution is 2.31. The number of carbonyl (C=O) groups excluding carboxylic acids is 1. The minimum Gasteiger partial charge on any atom is -0.497 e. The fourth-order valence-corrected chi connectivity index (χ4v) is 4.55. The second-order valence-electron chi connectivity index (χ2n) is 8.70. The summed E-state index contributed by atoms with van der Waals surface area (Å²) in [6.45, 7) is 5.35. The van der Waals surface area contributed by atoms with Gasteiger partial charge in [-0.05, 0) is 67.6 Å². The van der Waals surface area contributed by atoms with E-state index in [0.29, 0.717) is 17.8 Å². The average molecular weight is 442 g/mol. The fraction of sp³-hybridized carbons (Fsp3) is 0.308. The maximum atomic E-state index is 13.4. The molecular weight excluding hydrogens is 414 g/mol. The molecule has 1 saturated heterocycles. The number of benzene rings is 1. The number of piperidine rings is 1. The third-order valence-corrected chi connectivity index (χ3v) is 6.24. The first-order valence-corrected chi connectivity index (χ1v) is 11.2. The number of amides is 1. The molecule has 0 bridgehead atoms. The molecule has 0 radical (unpaired) electrons. The van der Waals surface area contributed by atoms with E-state index in [1.54, 1.807) is 24.0 Å². The average Bonchev–Trinajstić information content (AvgIpc) is 3.26. The largest absolute Gasteiger partial charge is 0.497 e. The third kappa shape index (κ3) is 4.18. The van der Waals surface area contributed by atoms with Gasteiger partial charge in [-0.1, -0.05) is 12.1 Å². The Balaban J connectivity index is 1.40. The first-order chi connectivity index (χ1) is 16.0. The number of hydrogen-bond donors (Lipinski definition) is 0. The summed E-state index contributed by atoms with van der Waals surface area (Å²) < 4.78 is 6.96. The number of rotatable bonds is 4. The first kappa shape index (κ1) is 21.1. The number of aryl methyl sites for hydroxylation is 2. The zero-order chi connectivity index (χ0) is 22.9. The van der Waals surface area contributed by atoms with Crippen LogP contribution in [0.4, 0.5) is 0 Å². The van der Waals surface area contributed by atoms with Crippen LogP contribution in [0.1, 0.15) is 46.1 Å². The molecule has 1 atom stereocenters. The molecule has 1 aromatic carbocycles. The molecule has 0 unspecified atom stereocenters. The van der Waals surface area contributed by atoms with E-state index in [9.17, 15) is 4.79 Å². The van der Waals surface area contributed by atoms with E-state index in [2.05, 4.69) is 34.3 Å². The number of likely N-dealkylation sites (tertiary alicyclic amines) is 1. The third-order valence-electron chi connectivity index (χ3n) is 6.24. The second-order valence-corrected chi connectivity index (χ2v) is 8.70. The van der Waals surface area contributed by atoms with Crippen LogP contribution in [0.5, 0.6) is 5.75 Å². The first-order valence-electron chi connectivity index (χ1n) is 11.2. The van der Waals surface area contributed by atoms with Crippen molar-refractivity contribution in [1.82, 2.24) is 24.5 Å². The molecule has 0 N–H and O–H groups in total. The summed E-state index contributed by atoms with van der Waals surface area (Å²) in [5, 5.41) is 4.33. The predicted octanol–water partition coefficient (Wildman–Crippen LogP) is 4.44. The van der Waals surface area contributed by atoms with E-state index in [1.807, 2.05) is 37.1 Å². The highest BCUT2D eigenvalue weighted by Gasteiger charge is 2.28. The molecule has 3 aromatic heterocycles. The number of fused-ring (bicyclic) bond motifs is 1. The Morgan fingerprint density at radius 2 is 1.91 bits per heavy atom. The minimum absolute atomic E-state index is 0.0194. The normalized spacial score (nSPS) is 16.2. The molecule has 5 rings (SSSR count). The molecule has 0 aliphatic carbocycles. The lowest BCUT2D eigenvalue weighted by molar-refractivity contribution is 0.0707. The van der Waals surface area contributed by atoms with Crippen LogP contribution < -0.4 is 4.74 Å². The van der Waals surface area contributed by atoms with E-state index in [1.165, 1.54) is 0 Å². The van der Waals surface area contributed by atoms with Crippen LogP contribution >= 0.6 is 0 Å². The number of pyridine rings is 1. The molecule has 1 aliphatic rings. The van der Waals surface area contributed by atoms with E-state index in [4.69, 9.17) is 9.72 Å². The van der Waals surface area contributed by atoms with E-state index < -0.39 is 0 Å². The van der Waals surface area contributed by atoms with Gasteiger partial charge in [-0.25, -0.2) is 9.50 Å². The van der Waals surface area contributed by atoms with Gasteiger partial charge in [-0.15, -0.1) is 0 Å². The van der Waals surface area contributed by atoms with Gasteiger partial charge in [0.05, 0.1) is 13.3 Å². The predicted molar refractivity (Wildman–Crippen MR) is 127 cm³/mol. The Kier molecular flexibility index (Phi) is 5.54. The molecule has 1 fully saturated rings. The van der Waals surface area contributed by atoms with Crippen LogP contribution in [0.15, 0.2) is 55.0 Å². The van der Waals surface area contributed by atoms with Gasteiger partial charge in [0.1, 0.15) is 11.3 Å². The van der Waals surface area contributed by atoms with Gasteiger partial charge in [0.15, 0.2) is 5.65 Å². The highest BCUT2D eigenvalue weighted by molar-refractivity contribution is 5.99. The molecule has 1 aliphatic heterocycles. The molecule has 7 nitrogen and oxygen atoms in total. The summed E-state index contributed by atoms with van der Waals surface area (Å²) in [7, 11) is 1.67. The molecule has 4 heterocycles. The van der Waals surface area contributed by atoms with Crippen molar-refractivity contribution >= 4 is 11.6 Å². The molecule has 168 valence electrons. The smallest absolute Gasteiger partial charge is 0.259 e. The van der Waals surface area contributed by atoms with Gasteiger partial charge in [0, 0.05) is 42.8 Å². The van der Waals surface area contributed by atoms with Crippen LogP contribution in [0.25, 0.3) is 16.8 Å². The Hall–Kier alpha value is -3.74. The zero-order valence-corrected chi connectivity index (χ0v) is 19.2. The molecule has 0 saturated carbocycles. The van der Waals surface area contributed by atoms with Gasteiger partial charge < -0.3 is 9.64 Å². The molecule has 7 heteroatoms. The lowest BCUT2D eigenvalue weighted by Crippen LogP contribution is -2.39. The molecule has 1 amide bonds. The summed E-state index contributed by atoms with van der Waals surface area (Å²) in [6, 6.07) is 12.3. The van der Waals surface area contributed by atoms with Crippen molar-refractivity contribution in [2.75, 3.05) is 20.2 Å². The molecule has 4 aromatic rings. The summed E-state index contributed by atoms with van der Waals surface area (Å²) in [5.74, 6) is 1.01. The van der Waals surface area contributed by atoms with Crippen LogP contribution in [-0.2, 0) is 0 Å². The van der Waals surface area contributed by atoms with Crippen LogP contribution in [0.3, 0.4) is 0 Å². The van der Waals surface area contributed by atoms with Crippen molar-refractivity contribution < 1.29 is 9.53 Å². The minimum atomic E-state index is -0.0194. The van der Waals surface area contributed by atoms with E-state index in [0.717, 1.165) is 53.2 Å². The van der Waals surface area contributed by atoms with Gasteiger partial charge >= 0.3 is 0 Å². The van der Waals surface area contributed by atoms with Crippen LogP contribution in [-0.4, -0.2) is 50.6 Å². The van der Waals surface area contributed by atoms with Gasteiger partial charge in [-0.3, -0.25) is 9.78 Å². The quantitative estimate of drug-likeness (QED) is 0.468. The Bertz CT molecular complexity index is 1310. The number of carbonyl (C=O) groups is 1. The van der Waals surface area contributed by atoms with Crippen molar-refractivity contribution in [3.05, 3.63) is 77.5 Å². The van der Waals surface area contributed by atoms with E-state index >= 15 is 0 Å². The summed E-state index contributed by atoms with van der Waals surface area (Å²) >= 11 is 0. The summed E-state index contributed by atoms with van der Waals surface area (Å²) in [4.78, 5) is 24.5. The standard InChI is InChI=1S/C26H27N5O2/c1-17-13-27-25-23(14-28-31(25)15-17)26(32)30-10-4-5-20(16-30)24-12-21(11-18(2)29-24)19-6-8-22(33-3)9-7-19/h6-9,11-15,20H,4-5,10,16H2,1-3H3/t20-/m1/s1. The summed E-state index contributed by atoms with van der Waals surface area (Å²) in [5.41, 5.74) is 6.41. The van der Waals surface area contributed by atoms with Crippen molar-refractivity contribution in [2.45, 2.75) is 32.6 Å².